The molecule has 154 valence electrons. The topological polar surface area (TPSA) is 32.3 Å². The number of anilines is 1. The number of aryl methyl sites for hydroxylation is 1. The second kappa shape index (κ2) is 9.92. The van der Waals surface area contributed by atoms with Crippen LogP contribution in [0.2, 0.25) is 5.02 Å². The first-order chi connectivity index (χ1) is 14.7. The lowest BCUT2D eigenvalue weighted by molar-refractivity contribution is -0.116. The molecule has 4 heteroatoms. The van der Waals surface area contributed by atoms with Crippen LogP contribution in [0.5, 0.6) is 0 Å². The SMILES string of the molecule is O=C(CCc1ccc(-c2ccc(Cl)cc2)cc1)Nc1ccc(CN2CCCC2)cc1. The first-order valence-electron chi connectivity index (χ1n) is 10.6. The maximum atomic E-state index is 12.3. The Hall–Kier alpha value is -2.62. The van der Waals surface area contributed by atoms with Crippen molar-refractivity contribution in [3.63, 3.8) is 0 Å². The molecule has 1 aliphatic rings. The molecule has 1 fully saturated rings. The van der Waals surface area contributed by atoms with Crippen molar-refractivity contribution in [3.05, 3.63) is 88.9 Å². The van der Waals surface area contributed by atoms with Gasteiger partial charge in [0.25, 0.3) is 0 Å². The van der Waals surface area contributed by atoms with E-state index in [4.69, 9.17) is 11.6 Å². The molecule has 1 N–H and O–H groups in total. The van der Waals surface area contributed by atoms with Gasteiger partial charge in [-0.15, -0.1) is 0 Å². The number of hydrogen-bond donors (Lipinski definition) is 1. The van der Waals surface area contributed by atoms with E-state index in [0.29, 0.717) is 6.42 Å². The van der Waals surface area contributed by atoms with Crippen molar-refractivity contribution < 1.29 is 4.79 Å². The number of likely N-dealkylation sites (tertiary alicyclic amines) is 1. The highest BCUT2D eigenvalue weighted by atomic mass is 35.5. The Morgan fingerprint density at radius 1 is 0.800 bits per heavy atom. The molecule has 3 aromatic rings. The molecular formula is C26H27ClN2O. The van der Waals surface area contributed by atoms with Crippen molar-refractivity contribution >= 4 is 23.2 Å². The summed E-state index contributed by atoms with van der Waals surface area (Å²) >= 11 is 5.96. The van der Waals surface area contributed by atoms with E-state index >= 15 is 0 Å². The summed E-state index contributed by atoms with van der Waals surface area (Å²) in [4.78, 5) is 14.8. The molecule has 0 spiro atoms. The third-order valence-corrected chi connectivity index (χ3v) is 5.87. The summed E-state index contributed by atoms with van der Waals surface area (Å²) in [6.07, 6.45) is 3.80. The largest absolute Gasteiger partial charge is 0.326 e. The van der Waals surface area contributed by atoms with Crippen LogP contribution in [0, 0.1) is 0 Å². The molecule has 0 saturated carbocycles. The minimum atomic E-state index is 0.0454. The molecule has 0 unspecified atom stereocenters. The Labute approximate surface area is 183 Å². The normalized spacial score (nSPS) is 14.0. The highest BCUT2D eigenvalue weighted by Gasteiger charge is 2.11. The number of amides is 1. The van der Waals surface area contributed by atoms with Crippen LogP contribution >= 0.6 is 11.6 Å². The van der Waals surface area contributed by atoms with E-state index in [2.05, 4.69) is 46.6 Å². The minimum absolute atomic E-state index is 0.0454. The predicted octanol–water partition coefficient (Wildman–Crippen LogP) is 6.17. The summed E-state index contributed by atoms with van der Waals surface area (Å²) < 4.78 is 0. The average molecular weight is 419 g/mol. The van der Waals surface area contributed by atoms with Gasteiger partial charge in [-0.2, -0.15) is 0 Å². The van der Waals surface area contributed by atoms with Crippen LogP contribution in [0.3, 0.4) is 0 Å². The molecule has 30 heavy (non-hydrogen) atoms. The standard InChI is InChI=1S/C26H27ClN2O/c27-24-12-10-23(11-13-24)22-8-3-20(4-9-22)7-16-26(30)28-25-14-5-21(6-15-25)19-29-17-1-2-18-29/h3-6,8-15H,1-2,7,16-19H2,(H,28,30). The van der Waals surface area contributed by atoms with Crippen LogP contribution in [0.4, 0.5) is 5.69 Å². The molecular weight excluding hydrogens is 392 g/mol. The van der Waals surface area contributed by atoms with Crippen molar-refractivity contribution in [2.75, 3.05) is 18.4 Å². The van der Waals surface area contributed by atoms with Crippen LogP contribution in [0.15, 0.2) is 72.8 Å². The van der Waals surface area contributed by atoms with E-state index < -0.39 is 0 Å². The third kappa shape index (κ3) is 5.71. The molecule has 0 atom stereocenters. The fourth-order valence-electron chi connectivity index (χ4n) is 3.88. The zero-order chi connectivity index (χ0) is 20.8. The van der Waals surface area contributed by atoms with E-state index in [1.165, 1.54) is 31.5 Å². The summed E-state index contributed by atoms with van der Waals surface area (Å²) in [5.74, 6) is 0.0454. The lowest BCUT2D eigenvalue weighted by Gasteiger charge is -2.14. The van der Waals surface area contributed by atoms with E-state index in [0.717, 1.165) is 40.4 Å². The monoisotopic (exact) mass is 418 g/mol. The van der Waals surface area contributed by atoms with E-state index in [-0.39, 0.29) is 5.91 Å². The molecule has 0 bridgehead atoms. The zero-order valence-electron chi connectivity index (χ0n) is 17.1. The summed E-state index contributed by atoms with van der Waals surface area (Å²) in [6, 6.07) is 24.4. The lowest BCUT2D eigenvalue weighted by Crippen LogP contribution is -2.18. The number of nitrogens with zero attached hydrogens (tertiary/aromatic N) is 1. The van der Waals surface area contributed by atoms with Crippen LogP contribution in [0.1, 0.15) is 30.4 Å². The van der Waals surface area contributed by atoms with Gasteiger partial charge in [0.05, 0.1) is 0 Å². The molecule has 3 nitrogen and oxygen atoms in total. The molecule has 1 heterocycles. The second-order valence-corrected chi connectivity index (χ2v) is 8.37. The summed E-state index contributed by atoms with van der Waals surface area (Å²) in [5.41, 5.74) is 5.61. The van der Waals surface area contributed by atoms with Gasteiger partial charge in [0, 0.05) is 23.7 Å². The Balaban J connectivity index is 1.25. The molecule has 1 aliphatic heterocycles. The number of benzene rings is 3. The number of rotatable bonds is 7. The number of carbonyl (C=O) groups excluding carboxylic acids is 1. The highest BCUT2D eigenvalue weighted by molar-refractivity contribution is 6.30. The summed E-state index contributed by atoms with van der Waals surface area (Å²) in [5, 5.41) is 3.75. The Kier molecular flexibility index (Phi) is 6.83. The summed E-state index contributed by atoms with van der Waals surface area (Å²) in [6.45, 7) is 3.39. The van der Waals surface area contributed by atoms with Gasteiger partial charge in [-0.3, -0.25) is 9.69 Å². The first-order valence-corrected chi connectivity index (χ1v) is 11.0. The van der Waals surface area contributed by atoms with Crippen LogP contribution in [-0.2, 0) is 17.8 Å². The molecule has 0 aliphatic carbocycles. The van der Waals surface area contributed by atoms with Gasteiger partial charge in [0.15, 0.2) is 0 Å². The van der Waals surface area contributed by atoms with E-state index in [1.54, 1.807) is 0 Å². The first kappa shape index (κ1) is 20.6. The second-order valence-electron chi connectivity index (χ2n) is 7.93. The number of hydrogen-bond acceptors (Lipinski definition) is 2. The van der Waals surface area contributed by atoms with Crippen LogP contribution in [0.25, 0.3) is 11.1 Å². The predicted molar refractivity (Wildman–Crippen MR) is 125 cm³/mol. The van der Waals surface area contributed by atoms with Crippen molar-refractivity contribution in [1.29, 1.82) is 0 Å². The molecule has 1 saturated heterocycles. The van der Waals surface area contributed by atoms with Gasteiger partial charge in [0.1, 0.15) is 0 Å². The molecule has 0 radical (unpaired) electrons. The van der Waals surface area contributed by atoms with Gasteiger partial charge in [-0.25, -0.2) is 0 Å². The Morgan fingerprint density at radius 3 is 2.00 bits per heavy atom. The van der Waals surface area contributed by atoms with E-state index in [1.807, 2.05) is 36.4 Å². The Bertz CT molecular complexity index is 959. The number of carbonyl (C=O) groups is 1. The van der Waals surface area contributed by atoms with Crippen LogP contribution in [-0.4, -0.2) is 23.9 Å². The fourth-order valence-corrected chi connectivity index (χ4v) is 4.01. The zero-order valence-corrected chi connectivity index (χ0v) is 17.9. The van der Waals surface area contributed by atoms with Gasteiger partial charge < -0.3 is 5.32 Å². The number of nitrogens with one attached hydrogen (secondary N) is 1. The molecule has 3 aromatic carbocycles. The van der Waals surface area contributed by atoms with Gasteiger partial charge in [0.2, 0.25) is 5.91 Å². The third-order valence-electron chi connectivity index (χ3n) is 5.61. The van der Waals surface area contributed by atoms with Crippen molar-refractivity contribution in [1.82, 2.24) is 4.90 Å². The minimum Gasteiger partial charge on any atom is -0.326 e. The molecule has 0 aromatic heterocycles. The van der Waals surface area contributed by atoms with Crippen molar-refractivity contribution in [2.45, 2.75) is 32.2 Å². The van der Waals surface area contributed by atoms with Crippen LogP contribution < -0.4 is 5.32 Å². The van der Waals surface area contributed by atoms with Gasteiger partial charge >= 0.3 is 0 Å². The Morgan fingerprint density at radius 2 is 1.37 bits per heavy atom. The van der Waals surface area contributed by atoms with E-state index in [9.17, 15) is 4.79 Å². The molecule has 4 rings (SSSR count). The van der Waals surface area contributed by atoms with Crippen molar-refractivity contribution in [3.8, 4) is 11.1 Å². The van der Waals surface area contributed by atoms with Gasteiger partial charge in [-0.1, -0.05) is 60.1 Å². The highest BCUT2D eigenvalue weighted by Crippen LogP contribution is 2.22. The maximum Gasteiger partial charge on any atom is 0.224 e. The lowest BCUT2D eigenvalue weighted by atomic mass is 10.0. The summed E-state index contributed by atoms with van der Waals surface area (Å²) in [7, 11) is 0. The van der Waals surface area contributed by atoms with Gasteiger partial charge in [-0.05, 0) is 78.9 Å². The fraction of sp³-hybridized carbons (Fsp3) is 0.269. The van der Waals surface area contributed by atoms with Crippen molar-refractivity contribution in [2.24, 2.45) is 0 Å². The number of halogens is 1. The molecule has 1 amide bonds. The maximum absolute atomic E-state index is 12.3. The average Bonchev–Trinajstić information content (AvgIpc) is 3.28. The smallest absolute Gasteiger partial charge is 0.224 e. The quantitative estimate of drug-likeness (QED) is 0.497.